The highest BCUT2D eigenvalue weighted by Gasteiger charge is 2.36. The summed E-state index contributed by atoms with van der Waals surface area (Å²) in [5, 5.41) is 0. The maximum atomic E-state index is 4.97. The molecule has 1 unspecified atom stereocenters. The van der Waals surface area contributed by atoms with Gasteiger partial charge in [-0.25, -0.2) is 0 Å². The Hall–Kier alpha value is -0.0400. The summed E-state index contributed by atoms with van der Waals surface area (Å²) < 4.78 is 4.97. The average molecular weight is 96.1 g/mol. The molecule has 1 saturated heterocycles. The largest absolute Gasteiger partial charge is 0.366 e. The Labute approximate surface area is 43.7 Å². The number of rotatable bonds is 1. The highest BCUT2D eigenvalue weighted by molar-refractivity contribution is 4.99. The first kappa shape index (κ1) is 3.90. The van der Waals surface area contributed by atoms with Crippen molar-refractivity contribution in [2.75, 3.05) is 0 Å². The third-order valence-corrected chi connectivity index (χ3v) is 1.70. The highest BCUT2D eigenvalue weighted by Crippen LogP contribution is 2.38. The van der Waals surface area contributed by atoms with E-state index in [1.807, 2.05) is 6.61 Å². The molecule has 1 heteroatoms. The Kier molecular flexibility index (Phi) is 0.680. The zero-order valence-electron chi connectivity index (χ0n) is 4.13. The van der Waals surface area contributed by atoms with Crippen molar-refractivity contribution in [2.24, 2.45) is 5.92 Å². The van der Waals surface area contributed by atoms with Crippen LogP contribution >= 0.6 is 0 Å². The average Bonchev–Trinajstić information content (AvgIpc) is 2.10. The summed E-state index contributed by atoms with van der Waals surface area (Å²) in [7, 11) is 0. The van der Waals surface area contributed by atoms with Crippen LogP contribution in [0.15, 0.2) is 0 Å². The molecule has 1 saturated carbocycles. The summed E-state index contributed by atoms with van der Waals surface area (Å²) in [6.07, 6.45) is 5.41. The van der Waals surface area contributed by atoms with Crippen molar-refractivity contribution in [1.82, 2.24) is 0 Å². The second-order valence-corrected chi connectivity index (χ2v) is 2.26. The minimum Gasteiger partial charge on any atom is -0.366 e. The summed E-state index contributed by atoms with van der Waals surface area (Å²) in [4.78, 5) is 0. The van der Waals surface area contributed by atoms with Crippen LogP contribution < -0.4 is 0 Å². The second kappa shape index (κ2) is 1.22. The van der Waals surface area contributed by atoms with Crippen molar-refractivity contribution in [2.45, 2.75) is 18.9 Å². The van der Waals surface area contributed by atoms with Crippen molar-refractivity contribution in [1.29, 1.82) is 0 Å². The predicted octanol–water partition coefficient (Wildman–Crippen LogP) is 1.16. The summed E-state index contributed by atoms with van der Waals surface area (Å²) in [5.74, 6) is 0.861. The van der Waals surface area contributed by atoms with Gasteiger partial charge in [-0.3, -0.25) is 0 Å². The van der Waals surface area contributed by atoms with Gasteiger partial charge in [-0.1, -0.05) is 0 Å². The summed E-state index contributed by atoms with van der Waals surface area (Å²) >= 11 is 0. The van der Waals surface area contributed by atoms with Gasteiger partial charge in [0, 0.05) is 0 Å². The molecule has 1 aliphatic carbocycles. The Morgan fingerprint density at radius 1 is 1.43 bits per heavy atom. The fraction of sp³-hybridized carbons (Fsp3) is 0.667. The van der Waals surface area contributed by atoms with Gasteiger partial charge in [0.1, 0.15) is 6.61 Å². The Balaban J connectivity index is 1.83. The second-order valence-electron chi connectivity index (χ2n) is 2.26. The molecular formula is C6H8O. The van der Waals surface area contributed by atoms with Crippen molar-refractivity contribution >= 4 is 0 Å². The van der Waals surface area contributed by atoms with E-state index in [-0.39, 0.29) is 0 Å². The van der Waals surface area contributed by atoms with Crippen molar-refractivity contribution in [3.05, 3.63) is 13.0 Å². The molecule has 2 fully saturated rings. The quantitative estimate of drug-likeness (QED) is 0.446. The monoisotopic (exact) mass is 96.1 g/mol. The van der Waals surface area contributed by atoms with Gasteiger partial charge in [-0.05, 0) is 25.2 Å². The molecule has 38 valence electrons. The third kappa shape index (κ3) is 0.556. The zero-order valence-corrected chi connectivity index (χ0v) is 4.13. The maximum absolute atomic E-state index is 4.97. The van der Waals surface area contributed by atoms with Gasteiger partial charge in [0.2, 0.25) is 0 Å². The molecule has 0 amide bonds. The van der Waals surface area contributed by atoms with E-state index < -0.39 is 0 Å². The molecule has 2 aliphatic rings. The van der Waals surface area contributed by atoms with E-state index in [1.165, 1.54) is 12.8 Å². The van der Waals surface area contributed by atoms with E-state index in [0.717, 1.165) is 5.92 Å². The summed E-state index contributed by atoms with van der Waals surface area (Å²) in [6, 6.07) is 0. The summed E-state index contributed by atoms with van der Waals surface area (Å²) in [5.41, 5.74) is 0. The number of ether oxygens (including phenoxy) is 1. The SMILES string of the molecule is [CH]1CC(C2[CH]O2)C1. The van der Waals surface area contributed by atoms with Crippen LogP contribution in [0.2, 0.25) is 0 Å². The van der Waals surface area contributed by atoms with Crippen molar-refractivity contribution in [3.8, 4) is 0 Å². The van der Waals surface area contributed by atoms with Crippen LogP contribution in [0, 0.1) is 18.9 Å². The molecule has 1 aliphatic heterocycles. The fourth-order valence-electron chi connectivity index (χ4n) is 0.895. The van der Waals surface area contributed by atoms with Crippen LogP contribution in [0.1, 0.15) is 12.8 Å². The smallest absolute Gasteiger partial charge is 0.113 e. The Bertz CT molecular complexity index is 72.2. The lowest BCUT2D eigenvalue weighted by Gasteiger charge is -2.21. The molecule has 0 aromatic carbocycles. The standard InChI is InChI=1S/C6H8O/c1-2-5(3-1)6-4-7-6/h1,4-6H,2-3H2. The molecule has 1 atom stereocenters. The van der Waals surface area contributed by atoms with Crippen LogP contribution in [0.25, 0.3) is 0 Å². The van der Waals surface area contributed by atoms with Gasteiger partial charge < -0.3 is 4.74 Å². The highest BCUT2D eigenvalue weighted by atomic mass is 16.6. The molecule has 0 spiro atoms. The third-order valence-electron chi connectivity index (χ3n) is 1.70. The van der Waals surface area contributed by atoms with E-state index in [1.54, 1.807) is 0 Å². The van der Waals surface area contributed by atoms with E-state index >= 15 is 0 Å². The van der Waals surface area contributed by atoms with Crippen molar-refractivity contribution < 1.29 is 4.74 Å². The zero-order chi connectivity index (χ0) is 4.69. The van der Waals surface area contributed by atoms with E-state index in [9.17, 15) is 0 Å². The lowest BCUT2D eigenvalue weighted by Crippen LogP contribution is -2.16. The predicted molar refractivity (Wildman–Crippen MR) is 26.2 cm³/mol. The number of hydrogen-bond acceptors (Lipinski definition) is 1. The lowest BCUT2D eigenvalue weighted by molar-refractivity contribution is 0.283. The van der Waals surface area contributed by atoms with Gasteiger partial charge >= 0.3 is 0 Å². The molecule has 2 radical (unpaired) electrons. The molecular weight excluding hydrogens is 88.1 g/mol. The molecule has 1 heterocycles. The molecule has 1 nitrogen and oxygen atoms in total. The van der Waals surface area contributed by atoms with Crippen molar-refractivity contribution in [3.63, 3.8) is 0 Å². The van der Waals surface area contributed by atoms with Gasteiger partial charge in [0.05, 0.1) is 6.10 Å². The molecule has 0 bridgehead atoms. The number of epoxide rings is 1. The first-order valence-electron chi connectivity index (χ1n) is 2.77. The van der Waals surface area contributed by atoms with Crippen LogP contribution in [-0.2, 0) is 4.74 Å². The van der Waals surface area contributed by atoms with Crippen LogP contribution in [0.3, 0.4) is 0 Å². The van der Waals surface area contributed by atoms with Gasteiger partial charge in [0.25, 0.3) is 0 Å². The summed E-state index contributed by atoms with van der Waals surface area (Å²) in [6.45, 7) is 1.93. The van der Waals surface area contributed by atoms with Crippen LogP contribution in [0.5, 0.6) is 0 Å². The Morgan fingerprint density at radius 3 is 2.29 bits per heavy atom. The minimum absolute atomic E-state index is 0.546. The Morgan fingerprint density at radius 2 is 2.14 bits per heavy atom. The first-order chi connectivity index (χ1) is 3.47. The molecule has 7 heavy (non-hydrogen) atoms. The van der Waals surface area contributed by atoms with Crippen LogP contribution in [-0.4, -0.2) is 6.10 Å². The lowest BCUT2D eigenvalue weighted by atomic mass is 9.83. The van der Waals surface area contributed by atoms with E-state index in [2.05, 4.69) is 6.42 Å². The van der Waals surface area contributed by atoms with E-state index in [4.69, 9.17) is 4.74 Å². The molecule has 0 aromatic rings. The molecule has 2 rings (SSSR count). The van der Waals surface area contributed by atoms with Gasteiger partial charge in [0.15, 0.2) is 0 Å². The van der Waals surface area contributed by atoms with Gasteiger partial charge in [-0.15, -0.1) is 0 Å². The fourth-order valence-corrected chi connectivity index (χ4v) is 0.895. The number of hydrogen-bond donors (Lipinski definition) is 0. The van der Waals surface area contributed by atoms with E-state index in [0.29, 0.717) is 6.10 Å². The molecule has 0 N–H and O–H groups in total. The topological polar surface area (TPSA) is 12.5 Å². The normalized spacial score (nSPS) is 40.3. The van der Waals surface area contributed by atoms with Gasteiger partial charge in [-0.2, -0.15) is 0 Å². The first-order valence-corrected chi connectivity index (χ1v) is 2.77. The maximum Gasteiger partial charge on any atom is 0.113 e. The minimum atomic E-state index is 0.546. The molecule has 0 aromatic heterocycles. The van der Waals surface area contributed by atoms with Crippen LogP contribution in [0.4, 0.5) is 0 Å².